The van der Waals surface area contributed by atoms with Gasteiger partial charge in [0.2, 0.25) is 5.91 Å². The molecule has 1 aromatic rings. The summed E-state index contributed by atoms with van der Waals surface area (Å²) in [5, 5.41) is 3.36. The van der Waals surface area contributed by atoms with E-state index >= 15 is 0 Å². The van der Waals surface area contributed by atoms with Crippen molar-refractivity contribution in [3.63, 3.8) is 0 Å². The number of carbonyl (C=O) groups excluding carboxylic acids is 1. The van der Waals surface area contributed by atoms with E-state index in [1.54, 1.807) is 0 Å². The zero-order valence-corrected chi connectivity index (χ0v) is 16.7. The van der Waals surface area contributed by atoms with Gasteiger partial charge in [0.15, 0.2) is 0 Å². The summed E-state index contributed by atoms with van der Waals surface area (Å²) in [6.07, 6.45) is 4.56. The van der Waals surface area contributed by atoms with Crippen molar-refractivity contribution in [2.45, 2.75) is 38.3 Å². The van der Waals surface area contributed by atoms with Crippen LogP contribution in [0.2, 0.25) is 0 Å². The van der Waals surface area contributed by atoms with Gasteiger partial charge in [-0.3, -0.25) is 9.69 Å². The molecule has 0 spiro atoms. The van der Waals surface area contributed by atoms with E-state index < -0.39 is 0 Å². The number of carbonyl (C=O) groups is 1. The van der Waals surface area contributed by atoms with E-state index in [1.165, 1.54) is 24.8 Å². The molecule has 0 radical (unpaired) electrons. The average molecular weight is 388 g/mol. The lowest BCUT2D eigenvalue weighted by atomic mass is 10.0. The van der Waals surface area contributed by atoms with Crippen molar-refractivity contribution in [3.05, 3.63) is 35.9 Å². The van der Waals surface area contributed by atoms with Gasteiger partial charge >= 0.3 is 0 Å². The first kappa shape index (κ1) is 22.2. The second-order valence-electron chi connectivity index (χ2n) is 7.10. The van der Waals surface area contributed by atoms with Gasteiger partial charge in [0.25, 0.3) is 0 Å². The maximum absolute atomic E-state index is 12.5. The molecule has 1 unspecified atom stereocenters. The first-order valence-electron chi connectivity index (χ1n) is 8.97. The van der Waals surface area contributed by atoms with Crippen LogP contribution < -0.4 is 5.32 Å². The molecule has 2 atom stereocenters. The van der Waals surface area contributed by atoms with Crippen LogP contribution in [0.25, 0.3) is 0 Å². The standard InChI is InChI=1S/C19H29N3O.2ClH/c1-21(19(23)18-9-5-6-11-20-18)13-17-10-12-22(15-17)14-16-7-3-2-4-8-16;;/h2-4,7-8,17-18,20H,5-6,9-15H2,1H3;2*1H/t17?,18-;;/m1../s1. The van der Waals surface area contributed by atoms with Gasteiger partial charge in [0.1, 0.15) is 0 Å². The summed E-state index contributed by atoms with van der Waals surface area (Å²) >= 11 is 0. The Morgan fingerprint density at radius 1 is 1.20 bits per heavy atom. The van der Waals surface area contributed by atoms with Gasteiger partial charge in [0, 0.05) is 26.7 Å². The fourth-order valence-corrected chi connectivity index (χ4v) is 3.85. The minimum atomic E-state index is 0. The summed E-state index contributed by atoms with van der Waals surface area (Å²) in [4.78, 5) is 17.0. The van der Waals surface area contributed by atoms with Crippen molar-refractivity contribution in [2.75, 3.05) is 33.2 Å². The lowest BCUT2D eigenvalue weighted by Crippen LogP contribution is -2.48. The van der Waals surface area contributed by atoms with E-state index in [-0.39, 0.29) is 36.8 Å². The van der Waals surface area contributed by atoms with E-state index in [9.17, 15) is 4.79 Å². The monoisotopic (exact) mass is 387 g/mol. The normalized spacial score (nSPS) is 23.4. The second kappa shape index (κ2) is 11.0. The number of nitrogens with one attached hydrogen (secondary N) is 1. The van der Waals surface area contributed by atoms with Crippen molar-refractivity contribution in [1.29, 1.82) is 0 Å². The van der Waals surface area contributed by atoms with Crippen LogP contribution in [0.1, 0.15) is 31.2 Å². The van der Waals surface area contributed by atoms with Crippen LogP contribution in [-0.4, -0.2) is 55.0 Å². The van der Waals surface area contributed by atoms with Gasteiger partial charge in [-0.05, 0) is 43.8 Å². The molecule has 2 saturated heterocycles. The summed E-state index contributed by atoms with van der Waals surface area (Å²) in [6.45, 7) is 5.15. The van der Waals surface area contributed by atoms with Crippen LogP contribution in [0.4, 0.5) is 0 Å². The van der Waals surface area contributed by atoms with Gasteiger partial charge < -0.3 is 10.2 Å². The fraction of sp³-hybridized carbons (Fsp3) is 0.632. The van der Waals surface area contributed by atoms with Crippen LogP contribution in [0, 0.1) is 5.92 Å². The van der Waals surface area contributed by atoms with Crippen LogP contribution in [0.15, 0.2) is 30.3 Å². The number of benzene rings is 1. The minimum Gasteiger partial charge on any atom is -0.344 e. The molecular formula is C19H31Cl2N3O. The molecular weight excluding hydrogens is 357 g/mol. The SMILES string of the molecule is CN(CC1CCN(Cc2ccccc2)C1)C(=O)[C@H]1CCCCN1.Cl.Cl. The number of nitrogens with zero attached hydrogens (tertiary/aromatic N) is 2. The number of rotatable bonds is 5. The van der Waals surface area contributed by atoms with Crippen molar-refractivity contribution in [2.24, 2.45) is 5.92 Å². The van der Waals surface area contributed by atoms with Gasteiger partial charge in [-0.25, -0.2) is 0 Å². The molecule has 4 nitrogen and oxygen atoms in total. The van der Waals surface area contributed by atoms with Gasteiger partial charge in [-0.2, -0.15) is 0 Å². The molecule has 2 aliphatic rings. The zero-order chi connectivity index (χ0) is 16.1. The Hall–Kier alpha value is -0.810. The van der Waals surface area contributed by atoms with Crippen molar-refractivity contribution >= 4 is 30.7 Å². The number of halogens is 2. The van der Waals surface area contributed by atoms with Crippen LogP contribution >= 0.6 is 24.8 Å². The molecule has 3 rings (SSSR count). The summed E-state index contributed by atoms with van der Waals surface area (Å²) < 4.78 is 0. The van der Waals surface area contributed by atoms with E-state index in [1.807, 2.05) is 11.9 Å². The van der Waals surface area contributed by atoms with Gasteiger partial charge in [0.05, 0.1) is 6.04 Å². The van der Waals surface area contributed by atoms with E-state index in [0.29, 0.717) is 5.92 Å². The quantitative estimate of drug-likeness (QED) is 0.843. The van der Waals surface area contributed by atoms with E-state index in [4.69, 9.17) is 0 Å². The van der Waals surface area contributed by atoms with Crippen LogP contribution in [0.5, 0.6) is 0 Å². The first-order valence-corrected chi connectivity index (χ1v) is 8.97. The molecule has 0 saturated carbocycles. The second-order valence-corrected chi connectivity index (χ2v) is 7.10. The molecule has 142 valence electrons. The number of hydrogen-bond donors (Lipinski definition) is 1. The highest BCUT2D eigenvalue weighted by molar-refractivity contribution is 5.85. The van der Waals surface area contributed by atoms with Crippen molar-refractivity contribution < 1.29 is 4.79 Å². The maximum Gasteiger partial charge on any atom is 0.239 e. The Labute approximate surface area is 164 Å². The van der Waals surface area contributed by atoms with Gasteiger partial charge in [-0.1, -0.05) is 36.8 Å². The summed E-state index contributed by atoms with van der Waals surface area (Å²) in [5.41, 5.74) is 1.38. The number of amides is 1. The lowest BCUT2D eigenvalue weighted by Gasteiger charge is -2.29. The topological polar surface area (TPSA) is 35.6 Å². The molecule has 2 heterocycles. The Kier molecular flexibility index (Phi) is 9.80. The highest BCUT2D eigenvalue weighted by atomic mass is 35.5. The first-order chi connectivity index (χ1) is 11.2. The molecule has 6 heteroatoms. The summed E-state index contributed by atoms with van der Waals surface area (Å²) in [7, 11) is 1.97. The lowest BCUT2D eigenvalue weighted by molar-refractivity contribution is -0.133. The zero-order valence-electron chi connectivity index (χ0n) is 15.0. The third kappa shape index (κ3) is 6.45. The number of likely N-dealkylation sites (tertiary alicyclic amines) is 1. The Balaban J connectivity index is 0.00000156. The number of likely N-dealkylation sites (N-methyl/N-ethyl adjacent to an activating group) is 1. The van der Waals surface area contributed by atoms with Crippen molar-refractivity contribution in [3.8, 4) is 0 Å². The summed E-state index contributed by atoms with van der Waals surface area (Å²) in [5.74, 6) is 0.891. The predicted molar refractivity (Wildman–Crippen MR) is 108 cm³/mol. The Morgan fingerprint density at radius 3 is 2.64 bits per heavy atom. The molecule has 0 aromatic heterocycles. The molecule has 0 bridgehead atoms. The molecule has 1 amide bonds. The smallest absolute Gasteiger partial charge is 0.239 e. The molecule has 2 fully saturated rings. The molecule has 1 aromatic carbocycles. The molecule has 0 aliphatic carbocycles. The fourth-order valence-electron chi connectivity index (χ4n) is 3.85. The highest BCUT2D eigenvalue weighted by Gasteiger charge is 2.28. The average Bonchev–Trinajstić information content (AvgIpc) is 3.02. The Morgan fingerprint density at radius 2 is 1.96 bits per heavy atom. The third-order valence-electron chi connectivity index (χ3n) is 5.14. The molecule has 2 aliphatic heterocycles. The van der Waals surface area contributed by atoms with Crippen LogP contribution in [0.3, 0.4) is 0 Å². The van der Waals surface area contributed by atoms with E-state index in [0.717, 1.165) is 39.1 Å². The highest BCUT2D eigenvalue weighted by Crippen LogP contribution is 2.20. The number of piperidine rings is 1. The van der Waals surface area contributed by atoms with Crippen molar-refractivity contribution in [1.82, 2.24) is 15.1 Å². The largest absolute Gasteiger partial charge is 0.344 e. The summed E-state index contributed by atoms with van der Waals surface area (Å²) in [6, 6.07) is 10.7. The van der Waals surface area contributed by atoms with Crippen LogP contribution in [-0.2, 0) is 11.3 Å². The minimum absolute atomic E-state index is 0. The number of hydrogen-bond acceptors (Lipinski definition) is 3. The third-order valence-corrected chi connectivity index (χ3v) is 5.14. The van der Waals surface area contributed by atoms with Gasteiger partial charge in [-0.15, -0.1) is 24.8 Å². The predicted octanol–water partition coefficient (Wildman–Crippen LogP) is 2.95. The molecule has 1 N–H and O–H groups in total. The molecule has 25 heavy (non-hydrogen) atoms. The maximum atomic E-state index is 12.5. The van der Waals surface area contributed by atoms with E-state index in [2.05, 4.69) is 40.5 Å². The Bertz CT molecular complexity index is 509.